The molecule has 13 heteroatoms. The summed E-state index contributed by atoms with van der Waals surface area (Å²) < 4.78 is 36.0. The van der Waals surface area contributed by atoms with Crippen LogP contribution in [0.1, 0.15) is 0 Å². The highest BCUT2D eigenvalue weighted by Gasteiger charge is 2.35. The number of fused-ring (bicyclic) bond motifs is 1. The van der Waals surface area contributed by atoms with Gasteiger partial charge in [-0.3, -0.25) is 19.2 Å². The third kappa shape index (κ3) is 4.72. The highest BCUT2D eigenvalue weighted by Crippen LogP contribution is 2.35. The predicted octanol–water partition coefficient (Wildman–Crippen LogP) is 0.969. The van der Waals surface area contributed by atoms with E-state index in [1.807, 2.05) is 0 Å². The van der Waals surface area contributed by atoms with E-state index in [2.05, 4.69) is 20.3 Å². The molecule has 1 N–H and O–H groups in total. The van der Waals surface area contributed by atoms with Crippen molar-refractivity contribution in [1.82, 2.24) is 10.2 Å². The van der Waals surface area contributed by atoms with Crippen molar-refractivity contribution in [3.63, 3.8) is 0 Å². The number of anilines is 2. The number of thioether (sulfide) groups is 1. The number of amides is 1. The molecule has 28 heavy (non-hydrogen) atoms. The molecule has 0 bridgehead atoms. The highest BCUT2D eigenvalue weighted by molar-refractivity contribution is 8.01. The molecule has 1 aliphatic rings. The number of methoxy groups -OCH3 is 1. The maximum absolute atomic E-state index is 12.6. The van der Waals surface area contributed by atoms with Gasteiger partial charge in [0.25, 0.3) is 5.91 Å². The minimum atomic E-state index is -3.59. The fraction of sp³-hybridized carbons (Fsp3) is 0.333. The maximum Gasteiger partial charge on any atom is 0.316 e. The number of carbonyl (C=O) groups excluding carboxylic acids is 2. The molecule has 0 radical (unpaired) electrons. The maximum atomic E-state index is 12.6. The van der Waals surface area contributed by atoms with Gasteiger partial charge in [0.15, 0.2) is 10.4 Å². The number of para-hydroxylation sites is 2. The lowest BCUT2D eigenvalue weighted by Crippen LogP contribution is -2.48. The number of hydrogen-bond acceptors (Lipinski definition) is 10. The van der Waals surface area contributed by atoms with Gasteiger partial charge in [0.1, 0.15) is 5.75 Å². The zero-order valence-corrected chi connectivity index (χ0v) is 17.3. The summed E-state index contributed by atoms with van der Waals surface area (Å²) in [4.78, 5) is 23.7. The Labute approximate surface area is 169 Å². The van der Waals surface area contributed by atoms with Crippen molar-refractivity contribution >= 4 is 55.8 Å². The van der Waals surface area contributed by atoms with Crippen molar-refractivity contribution in [2.75, 3.05) is 35.3 Å². The van der Waals surface area contributed by atoms with Gasteiger partial charge in [-0.2, -0.15) is 0 Å². The molecule has 0 spiro atoms. The SMILES string of the molecule is COC(=O)CSc1nnc(NC(=O)[C@H]2CN(S(C)(=O)=O)c3ccccc3O2)s1. The molecule has 0 saturated carbocycles. The third-order valence-electron chi connectivity index (χ3n) is 3.61. The molecule has 0 fully saturated rings. The number of esters is 1. The fourth-order valence-corrected chi connectivity index (χ4v) is 4.84. The van der Waals surface area contributed by atoms with E-state index in [9.17, 15) is 18.0 Å². The Morgan fingerprint density at radius 1 is 1.39 bits per heavy atom. The fourth-order valence-electron chi connectivity index (χ4n) is 2.34. The number of hydrogen-bond donors (Lipinski definition) is 1. The van der Waals surface area contributed by atoms with Crippen LogP contribution < -0.4 is 14.4 Å². The first-order valence-corrected chi connectivity index (χ1v) is 11.5. The predicted molar refractivity (Wildman–Crippen MR) is 104 cm³/mol. The molecule has 2 aromatic rings. The zero-order valence-electron chi connectivity index (χ0n) is 14.8. The van der Waals surface area contributed by atoms with Crippen molar-refractivity contribution in [3.8, 4) is 5.75 Å². The number of benzene rings is 1. The zero-order chi connectivity index (χ0) is 20.3. The quantitative estimate of drug-likeness (QED) is 0.394. The lowest BCUT2D eigenvalue weighted by Gasteiger charge is -2.33. The average molecular weight is 445 g/mol. The lowest BCUT2D eigenvalue weighted by atomic mass is 10.2. The van der Waals surface area contributed by atoms with Crippen LogP contribution in [0.5, 0.6) is 5.75 Å². The molecule has 0 unspecified atom stereocenters. The number of aromatic nitrogens is 2. The van der Waals surface area contributed by atoms with Gasteiger partial charge in [-0.25, -0.2) is 8.42 Å². The Hall–Kier alpha value is -2.38. The summed E-state index contributed by atoms with van der Waals surface area (Å²) in [5.41, 5.74) is 0.381. The van der Waals surface area contributed by atoms with Crippen LogP contribution in [-0.4, -0.2) is 62.3 Å². The van der Waals surface area contributed by atoms with Crippen molar-refractivity contribution in [2.24, 2.45) is 0 Å². The number of nitrogens with one attached hydrogen (secondary N) is 1. The van der Waals surface area contributed by atoms with Crippen molar-refractivity contribution in [3.05, 3.63) is 24.3 Å². The second kappa shape index (κ2) is 8.32. The van der Waals surface area contributed by atoms with Gasteiger partial charge >= 0.3 is 5.97 Å². The van der Waals surface area contributed by atoms with Crippen molar-refractivity contribution < 1.29 is 27.5 Å². The second-order valence-corrected chi connectivity index (χ2v) is 9.70. The van der Waals surface area contributed by atoms with Gasteiger partial charge < -0.3 is 9.47 Å². The molecule has 1 amide bonds. The summed E-state index contributed by atoms with van der Waals surface area (Å²) in [5, 5.41) is 10.5. The third-order valence-corrected chi connectivity index (χ3v) is 6.70. The molecular formula is C15H16N4O6S3. The molecular weight excluding hydrogens is 428 g/mol. The summed E-state index contributed by atoms with van der Waals surface area (Å²) >= 11 is 2.21. The van der Waals surface area contributed by atoms with Gasteiger partial charge in [0.2, 0.25) is 15.2 Å². The summed E-state index contributed by atoms with van der Waals surface area (Å²) in [5.74, 6) is -0.582. The van der Waals surface area contributed by atoms with Gasteiger partial charge in [-0.15, -0.1) is 10.2 Å². The van der Waals surface area contributed by atoms with Crippen LogP contribution in [0.15, 0.2) is 28.6 Å². The highest BCUT2D eigenvalue weighted by atomic mass is 32.2. The number of carbonyl (C=O) groups is 2. The van der Waals surface area contributed by atoms with Gasteiger partial charge in [-0.05, 0) is 12.1 Å². The Morgan fingerprint density at radius 2 is 2.14 bits per heavy atom. The first-order valence-electron chi connectivity index (χ1n) is 7.85. The van der Waals surface area contributed by atoms with E-state index in [0.29, 0.717) is 15.8 Å². The molecule has 10 nitrogen and oxygen atoms in total. The van der Waals surface area contributed by atoms with E-state index in [-0.39, 0.29) is 17.4 Å². The molecule has 1 atom stereocenters. The standard InChI is InChI=1S/C15H16N4O6S3/c1-24-12(20)8-26-15-18-17-14(27-15)16-13(21)11-7-19(28(2,22)23)9-5-3-4-6-10(9)25-11/h3-6,11H,7-8H2,1-2H3,(H,16,17,21)/t11-/m1/s1. The largest absolute Gasteiger partial charge is 0.476 e. The van der Waals surface area contributed by atoms with Gasteiger partial charge in [0, 0.05) is 0 Å². The smallest absolute Gasteiger partial charge is 0.316 e. The molecule has 3 rings (SSSR count). The average Bonchev–Trinajstić information content (AvgIpc) is 3.11. The first kappa shape index (κ1) is 20.4. The molecule has 2 heterocycles. The molecule has 150 valence electrons. The minimum Gasteiger partial charge on any atom is -0.476 e. The van der Waals surface area contributed by atoms with E-state index < -0.39 is 28.0 Å². The normalized spacial score (nSPS) is 16.1. The molecule has 0 saturated heterocycles. The number of nitrogens with zero attached hydrogens (tertiary/aromatic N) is 3. The number of sulfonamides is 1. The van der Waals surface area contributed by atoms with Crippen molar-refractivity contribution in [1.29, 1.82) is 0 Å². The van der Waals surface area contributed by atoms with Crippen LogP contribution in [0.2, 0.25) is 0 Å². The van der Waals surface area contributed by atoms with Crippen LogP contribution >= 0.6 is 23.1 Å². The van der Waals surface area contributed by atoms with E-state index in [0.717, 1.165) is 33.7 Å². The van der Waals surface area contributed by atoms with Crippen LogP contribution in [0.25, 0.3) is 0 Å². The number of ether oxygens (including phenoxy) is 2. The van der Waals surface area contributed by atoms with Gasteiger partial charge in [0.05, 0.1) is 31.4 Å². The van der Waals surface area contributed by atoms with E-state index in [4.69, 9.17) is 4.74 Å². The molecule has 1 aliphatic heterocycles. The lowest BCUT2D eigenvalue weighted by molar-refractivity contribution is -0.137. The Morgan fingerprint density at radius 3 is 2.86 bits per heavy atom. The van der Waals surface area contributed by atoms with Crippen LogP contribution in [0.4, 0.5) is 10.8 Å². The Kier molecular flexibility index (Phi) is 6.05. The van der Waals surface area contributed by atoms with E-state index >= 15 is 0 Å². The summed E-state index contributed by atoms with van der Waals surface area (Å²) in [6, 6.07) is 6.59. The van der Waals surface area contributed by atoms with E-state index in [1.54, 1.807) is 24.3 Å². The Bertz CT molecular complexity index is 993. The van der Waals surface area contributed by atoms with Crippen LogP contribution in [0, 0.1) is 0 Å². The Balaban J connectivity index is 1.70. The van der Waals surface area contributed by atoms with Gasteiger partial charge in [-0.1, -0.05) is 35.2 Å². The molecule has 1 aromatic carbocycles. The van der Waals surface area contributed by atoms with Crippen LogP contribution in [0.3, 0.4) is 0 Å². The summed E-state index contributed by atoms with van der Waals surface area (Å²) in [6.45, 7) is -0.162. The second-order valence-electron chi connectivity index (χ2n) is 5.60. The monoisotopic (exact) mass is 444 g/mol. The number of rotatable bonds is 6. The molecule has 1 aromatic heterocycles. The van der Waals surface area contributed by atoms with E-state index in [1.165, 1.54) is 7.11 Å². The van der Waals surface area contributed by atoms with Crippen molar-refractivity contribution in [2.45, 2.75) is 10.4 Å². The topological polar surface area (TPSA) is 128 Å². The minimum absolute atomic E-state index is 0.0743. The first-order chi connectivity index (χ1) is 13.3. The summed E-state index contributed by atoms with van der Waals surface area (Å²) in [6.07, 6.45) is 0.0132. The summed E-state index contributed by atoms with van der Waals surface area (Å²) in [7, 11) is -2.30. The van der Waals surface area contributed by atoms with Crippen LogP contribution in [-0.2, 0) is 24.3 Å². The molecule has 0 aliphatic carbocycles.